The van der Waals surface area contributed by atoms with Gasteiger partial charge in [-0.1, -0.05) is 192 Å². The van der Waals surface area contributed by atoms with Crippen LogP contribution in [0.4, 0.5) is 28.4 Å². The number of anilines is 5. The third-order valence-corrected chi connectivity index (χ3v) is 24.2. The summed E-state index contributed by atoms with van der Waals surface area (Å²) in [5.74, 6) is 0.530. The van der Waals surface area contributed by atoms with Gasteiger partial charge in [-0.15, -0.1) is 0 Å². The minimum atomic E-state index is 0.149. The van der Waals surface area contributed by atoms with Gasteiger partial charge in [0.25, 0.3) is 0 Å². The Bertz CT molecular complexity index is 4880. The predicted molar refractivity (Wildman–Crippen MR) is 471 cm³/mol. The second-order valence-electron chi connectivity index (χ2n) is 32.4. The Morgan fingerprint density at radius 2 is 0.649 bits per heavy atom. The van der Waals surface area contributed by atoms with E-state index in [-0.39, 0.29) is 6.17 Å². The Balaban J connectivity index is 0.000000131. The molecule has 6 aliphatic rings. The van der Waals surface area contributed by atoms with Gasteiger partial charge < -0.3 is 39.2 Å². The lowest BCUT2D eigenvalue weighted by molar-refractivity contribution is 0.187. The van der Waals surface area contributed by atoms with Crippen molar-refractivity contribution in [3.8, 4) is 56.0 Å². The van der Waals surface area contributed by atoms with Gasteiger partial charge >= 0.3 is 0 Å². The zero-order chi connectivity index (χ0) is 78.3. The number of pyridine rings is 3. The topological polar surface area (TPSA) is 64.6 Å². The molecule has 3 aromatic heterocycles. The van der Waals surface area contributed by atoms with Crippen molar-refractivity contribution in [1.29, 1.82) is 0 Å². The summed E-state index contributed by atoms with van der Waals surface area (Å²) in [6, 6.07) is 62.8. The van der Waals surface area contributed by atoms with E-state index in [4.69, 9.17) is 15.0 Å². The predicted octanol–water partition coefficient (Wildman–Crippen LogP) is 25.1. The van der Waals surface area contributed by atoms with E-state index in [1.54, 1.807) is 0 Å². The average molecular weight is 1480 g/mol. The van der Waals surface area contributed by atoms with Crippen molar-refractivity contribution in [2.75, 3.05) is 24.5 Å². The first-order chi connectivity index (χ1) is 53.6. The first-order valence-corrected chi connectivity index (χ1v) is 41.0. The molecule has 0 amide bonds. The fourth-order valence-corrected chi connectivity index (χ4v) is 18.0. The molecule has 7 aromatic carbocycles. The zero-order valence-corrected chi connectivity index (χ0v) is 69.4. The van der Waals surface area contributed by atoms with E-state index in [1.165, 1.54) is 186 Å². The van der Waals surface area contributed by atoms with Gasteiger partial charge in [0.1, 0.15) is 24.7 Å². The standard InChI is InChI=1S/C32H32N2.C24H31N3.C23H29N3.C21H27N3/c1-23(2)28-18-19-31(24(3)22-28)33-20-21-34(25(33)4)32-29(26-12-7-5-8-13-26)16-11-17-30(32)27-14-9-6-10-15-27;1-17-9-8-10-18(2)24(17)22-15-19(3)23(16-25-22)27-14-13-26(20(27)4)21-11-6-5-7-12-21;1-16-8-7-9-17(2)23(16)21-14-18(3)22(15-24-21)26-13-12-25(19(26)4)20-10-5-6-11-20;1-14(2)23-10-11-24(18(23)6)20-13-22-19(12-17(20)5)21-15(3)8-7-9-16(21)4/h5-23,25H,1-4H3;8-10,13-16,20-21H,5-7,11-12H2,1-4H3;7-9,12-15,19-20H,5-6,10-11H2,1-4H3;7-14,18H,1-6H3/t25-;20-;19-;18-/m0111/s1. The monoisotopic (exact) mass is 1470 g/mol. The van der Waals surface area contributed by atoms with Crippen molar-refractivity contribution in [3.05, 3.63) is 299 Å². The Labute approximate surface area is 665 Å². The molecule has 2 saturated carbocycles. The highest BCUT2D eigenvalue weighted by molar-refractivity contribution is 5.93. The van der Waals surface area contributed by atoms with E-state index in [0.29, 0.717) is 42.5 Å². The zero-order valence-electron chi connectivity index (χ0n) is 69.4. The minimum absolute atomic E-state index is 0.149. The van der Waals surface area contributed by atoms with Crippen LogP contribution in [0.3, 0.4) is 0 Å². The van der Waals surface area contributed by atoms with Gasteiger partial charge in [-0.2, -0.15) is 0 Å². The molecule has 2 fully saturated rings. The van der Waals surface area contributed by atoms with Crippen LogP contribution in [0.5, 0.6) is 0 Å². The molecule has 0 spiro atoms. The molecule has 4 aliphatic heterocycles. The summed E-state index contributed by atoms with van der Waals surface area (Å²) in [6.07, 6.45) is 37.3. The third kappa shape index (κ3) is 16.9. The van der Waals surface area contributed by atoms with Crippen molar-refractivity contribution >= 4 is 28.4 Å². The maximum absolute atomic E-state index is 4.85. The molecule has 0 bridgehead atoms. The first-order valence-electron chi connectivity index (χ1n) is 41.0. The smallest absolute Gasteiger partial charge is 0.107 e. The van der Waals surface area contributed by atoms with Gasteiger partial charge in [0.15, 0.2) is 0 Å². The van der Waals surface area contributed by atoms with Crippen LogP contribution in [-0.4, -0.2) is 72.4 Å². The first kappa shape index (κ1) is 78.5. The summed E-state index contributed by atoms with van der Waals surface area (Å²) in [6.45, 7) is 39.8. The second-order valence-corrected chi connectivity index (χ2v) is 32.4. The molecule has 0 N–H and O–H groups in total. The lowest BCUT2D eigenvalue weighted by atomic mass is 9.94. The van der Waals surface area contributed by atoms with E-state index in [2.05, 4.69) is 396 Å². The lowest BCUT2D eigenvalue weighted by Gasteiger charge is -2.37. The van der Waals surface area contributed by atoms with Gasteiger partial charge in [-0.3, -0.25) is 15.0 Å². The number of para-hydroxylation sites is 1. The van der Waals surface area contributed by atoms with Gasteiger partial charge in [0, 0.05) is 101 Å². The van der Waals surface area contributed by atoms with Gasteiger partial charge in [-0.25, -0.2) is 0 Å². The summed E-state index contributed by atoms with van der Waals surface area (Å²) in [4.78, 5) is 33.8. The van der Waals surface area contributed by atoms with Crippen LogP contribution in [0.25, 0.3) is 56.0 Å². The number of aromatic nitrogens is 3. The van der Waals surface area contributed by atoms with E-state index in [1.807, 2.05) is 6.20 Å². The highest BCUT2D eigenvalue weighted by Gasteiger charge is 2.35. The molecule has 4 atom stereocenters. The Morgan fingerprint density at radius 1 is 0.306 bits per heavy atom. The number of rotatable bonds is 14. The molecule has 7 heterocycles. The summed E-state index contributed by atoms with van der Waals surface area (Å²) >= 11 is 0. The fraction of sp³-hybridized carbons (Fsp3) is 0.350. The van der Waals surface area contributed by atoms with E-state index in [0.717, 1.165) is 17.1 Å². The van der Waals surface area contributed by atoms with Crippen LogP contribution >= 0.6 is 0 Å². The summed E-state index contributed by atoms with van der Waals surface area (Å²) in [7, 11) is 0. The van der Waals surface area contributed by atoms with Crippen LogP contribution in [0.2, 0.25) is 0 Å². The second kappa shape index (κ2) is 34.7. The molecule has 11 heteroatoms. The summed E-state index contributed by atoms with van der Waals surface area (Å²) in [5, 5.41) is 0. The average Bonchev–Trinajstić information content (AvgIpc) is 1.69. The Hall–Kier alpha value is -10.7. The van der Waals surface area contributed by atoms with E-state index < -0.39 is 0 Å². The lowest BCUT2D eigenvalue weighted by Crippen LogP contribution is -2.43. The highest BCUT2D eigenvalue weighted by Crippen LogP contribution is 2.45. The fourth-order valence-electron chi connectivity index (χ4n) is 18.0. The molecule has 16 rings (SSSR count). The third-order valence-electron chi connectivity index (χ3n) is 24.2. The molecule has 11 nitrogen and oxygen atoms in total. The Morgan fingerprint density at radius 3 is 1.02 bits per heavy atom. The van der Waals surface area contributed by atoms with E-state index >= 15 is 0 Å². The maximum Gasteiger partial charge on any atom is 0.107 e. The normalized spacial score (nSPS) is 18.2. The molecule has 0 unspecified atom stereocenters. The van der Waals surface area contributed by atoms with Crippen molar-refractivity contribution in [2.24, 2.45) is 0 Å². The van der Waals surface area contributed by atoms with Crippen LogP contribution in [0, 0.1) is 69.2 Å². The van der Waals surface area contributed by atoms with Gasteiger partial charge in [0.05, 0.1) is 58.4 Å². The highest BCUT2D eigenvalue weighted by atomic mass is 15.4. The van der Waals surface area contributed by atoms with Crippen molar-refractivity contribution in [1.82, 2.24) is 29.7 Å². The SMILES string of the molecule is Cc1cc(-c2c(C)cccc2C)ncc1N1C=CN(C(C)C)[C@H]1C.Cc1cc(-c2c(C)cccc2C)ncc1N1C=CN(C2CCCC2)[C@H]1C.Cc1cc(-c2c(C)cccc2C)ncc1N1C=CN(C2CCCCC2)[C@H]1C.Cc1cc(C(C)C)ccc1N1C=CN(c2c(-c3ccccc3)cccc2-c2ccccc2)[C@H]1C. The number of nitrogens with zero attached hydrogens (tertiary/aromatic N) is 11. The van der Waals surface area contributed by atoms with Gasteiger partial charge in [0.2, 0.25) is 0 Å². The molecule has 0 radical (unpaired) electrons. The minimum Gasteiger partial charge on any atom is -0.353 e. The number of hydrogen-bond acceptors (Lipinski definition) is 11. The molecular weight excluding hydrogens is 1360 g/mol. The molecule has 111 heavy (non-hydrogen) atoms. The molecule has 2 aliphatic carbocycles. The summed E-state index contributed by atoms with van der Waals surface area (Å²) in [5.41, 5.74) is 32.2. The molecule has 574 valence electrons. The molecule has 0 saturated heterocycles. The van der Waals surface area contributed by atoms with Crippen molar-refractivity contribution in [3.63, 3.8) is 0 Å². The van der Waals surface area contributed by atoms with Gasteiger partial charge in [-0.05, 0) is 239 Å². The number of benzene rings is 7. The number of aryl methyl sites for hydroxylation is 10. The van der Waals surface area contributed by atoms with Crippen molar-refractivity contribution in [2.45, 2.75) is 231 Å². The largest absolute Gasteiger partial charge is 0.353 e. The molecule has 10 aromatic rings. The number of hydrogen-bond donors (Lipinski definition) is 0. The Kier molecular flexibility index (Phi) is 24.6. The van der Waals surface area contributed by atoms with Crippen molar-refractivity contribution < 1.29 is 0 Å². The van der Waals surface area contributed by atoms with Crippen LogP contribution in [0.15, 0.2) is 238 Å². The van der Waals surface area contributed by atoms with Crippen LogP contribution in [0.1, 0.15) is 180 Å². The maximum atomic E-state index is 4.85. The summed E-state index contributed by atoms with van der Waals surface area (Å²) < 4.78 is 0. The quantitative estimate of drug-likeness (QED) is 0.105. The molecular formula is C100H119N11. The van der Waals surface area contributed by atoms with Crippen LogP contribution < -0.4 is 24.5 Å². The van der Waals surface area contributed by atoms with E-state index in [9.17, 15) is 0 Å². The van der Waals surface area contributed by atoms with Crippen LogP contribution in [-0.2, 0) is 0 Å².